The Labute approximate surface area is 149 Å². The van der Waals surface area contributed by atoms with Crippen LogP contribution in [0, 0.1) is 0 Å². The topological polar surface area (TPSA) is 20.2 Å². The second-order valence-corrected chi connectivity index (χ2v) is 6.43. The predicted molar refractivity (Wildman–Crippen MR) is 88.6 cm³/mol. The Morgan fingerprint density at radius 1 is 0.550 bits per heavy atom. The van der Waals surface area contributed by atoms with E-state index < -0.39 is 0 Å². The van der Waals surface area contributed by atoms with E-state index in [1.165, 1.54) is 12.1 Å². The molecule has 1 nitrogen and oxygen atoms in total. The Kier molecular flexibility index (Phi) is 5.14. The van der Waals surface area contributed by atoms with Crippen molar-refractivity contribution in [3.63, 3.8) is 0 Å². The predicted octanol–water partition coefficient (Wildman–Crippen LogP) is 7.63. The van der Waals surface area contributed by atoms with Crippen molar-refractivity contribution in [2.45, 2.75) is 0 Å². The summed E-state index contributed by atoms with van der Waals surface area (Å²) in [6, 6.07) is 2.93. The van der Waals surface area contributed by atoms with E-state index in [-0.39, 0.29) is 40.9 Å². The van der Waals surface area contributed by atoms with Gasteiger partial charge in [-0.15, -0.1) is 0 Å². The largest absolute Gasteiger partial charge is 0.505 e. The molecule has 0 unspecified atom stereocenters. The van der Waals surface area contributed by atoms with Crippen LogP contribution in [0.1, 0.15) is 0 Å². The first-order valence-electron chi connectivity index (χ1n) is 4.95. The third-order valence-electron chi connectivity index (χ3n) is 2.53. The molecule has 0 atom stereocenters. The van der Waals surface area contributed by atoms with Gasteiger partial charge in [0.2, 0.25) is 0 Å². The minimum atomic E-state index is -0.353. The monoisotopic (exact) mass is 408 g/mol. The molecule has 0 radical (unpaired) electrons. The van der Waals surface area contributed by atoms with E-state index in [0.717, 1.165) is 0 Å². The zero-order valence-electron chi connectivity index (χ0n) is 9.25. The van der Waals surface area contributed by atoms with Crippen LogP contribution in [0.5, 0.6) is 5.75 Å². The van der Waals surface area contributed by atoms with Crippen molar-refractivity contribution in [2.24, 2.45) is 0 Å². The number of rotatable bonds is 1. The maximum absolute atomic E-state index is 9.83. The fourth-order valence-electron chi connectivity index (χ4n) is 1.56. The number of phenols is 1. The van der Waals surface area contributed by atoms with Crippen molar-refractivity contribution in [2.75, 3.05) is 0 Å². The summed E-state index contributed by atoms with van der Waals surface area (Å²) in [6.45, 7) is 0. The quantitative estimate of drug-likeness (QED) is 0.378. The smallest absolute Gasteiger partial charge is 0.154 e. The lowest BCUT2D eigenvalue weighted by Gasteiger charge is -2.13. The summed E-state index contributed by atoms with van der Waals surface area (Å²) in [5.74, 6) is -0.353. The van der Waals surface area contributed by atoms with Gasteiger partial charge in [-0.3, -0.25) is 0 Å². The van der Waals surface area contributed by atoms with Crippen LogP contribution >= 0.6 is 81.2 Å². The molecule has 0 saturated carbocycles. The lowest BCUT2D eigenvalue weighted by molar-refractivity contribution is 0.476. The van der Waals surface area contributed by atoms with Gasteiger partial charge in [-0.1, -0.05) is 81.2 Å². The lowest BCUT2D eigenvalue weighted by atomic mass is 10.0. The Morgan fingerprint density at radius 3 is 1.55 bits per heavy atom. The fourth-order valence-corrected chi connectivity index (χ4v) is 3.11. The van der Waals surface area contributed by atoms with Crippen molar-refractivity contribution in [3.05, 3.63) is 47.3 Å². The summed E-state index contributed by atoms with van der Waals surface area (Å²) in [7, 11) is 0. The molecule has 2 aromatic rings. The number of phenolic OH excluding ortho intramolecular Hbond substituents is 1. The first-order valence-corrected chi connectivity index (χ1v) is 7.60. The Hall–Kier alpha value is 0.270. The minimum absolute atomic E-state index is 0.0178. The van der Waals surface area contributed by atoms with E-state index in [4.69, 9.17) is 81.2 Å². The van der Waals surface area contributed by atoms with Gasteiger partial charge < -0.3 is 5.11 Å². The molecule has 0 aliphatic carbocycles. The van der Waals surface area contributed by atoms with Gasteiger partial charge in [-0.25, -0.2) is 0 Å². The van der Waals surface area contributed by atoms with E-state index in [0.29, 0.717) is 11.1 Å². The summed E-state index contributed by atoms with van der Waals surface area (Å²) in [5, 5.41) is 10.4. The molecule has 0 saturated heterocycles. The fraction of sp³-hybridized carbons (Fsp3) is 0. The third-order valence-corrected chi connectivity index (χ3v) is 5.44. The molecule has 8 heteroatoms. The standard InChI is InChI=1S/C12H3Cl7O/c13-5-1-3(7(15)11(19)9(5)17)4-2-6(14)10(18)12(20)8(4)16/h1-2,20H. The SMILES string of the molecule is Oc1c(Cl)c(Cl)cc(-c2cc(Cl)c(Cl)c(Cl)c2Cl)c1Cl. The van der Waals surface area contributed by atoms with Crippen molar-refractivity contribution in [3.8, 4) is 16.9 Å². The van der Waals surface area contributed by atoms with Crippen LogP contribution in [0.3, 0.4) is 0 Å². The molecule has 0 fully saturated rings. The average Bonchev–Trinajstić information content (AvgIpc) is 2.42. The Balaban J connectivity index is 2.83. The summed E-state index contributed by atoms with van der Waals surface area (Å²) in [5.41, 5.74) is 0.717. The molecule has 20 heavy (non-hydrogen) atoms. The summed E-state index contributed by atoms with van der Waals surface area (Å²) in [6.07, 6.45) is 0. The summed E-state index contributed by atoms with van der Waals surface area (Å²) >= 11 is 41.7. The highest BCUT2D eigenvalue weighted by Gasteiger charge is 2.20. The molecule has 0 spiro atoms. The number of benzene rings is 2. The third kappa shape index (κ3) is 2.78. The van der Waals surface area contributed by atoms with E-state index in [2.05, 4.69) is 0 Å². The van der Waals surface area contributed by atoms with Crippen LogP contribution in [-0.4, -0.2) is 5.11 Å². The molecule has 0 amide bonds. The number of halogens is 7. The molecule has 106 valence electrons. The van der Waals surface area contributed by atoms with Crippen molar-refractivity contribution in [1.82, 2.24) is 0 Å². The molecular weight excluding hydrogens is 408 g/mol. The van der Waals surface area contributed by atoms with Crippen LogP contribution in [0.25, 0.3) is 11.1 Å². The van der Waals surface area contributed by atoms with E-state index in [1.54, 1.807) is 0 Å². The highest BCUT2D eigenvalue weighted by atomic mass is 35.5. The van der Waals surface area contributed by atoms with Gasteiger partial charge in [-0.2, -0.15) is 0 Å². The maximum atomic E-state index is 9.83. The van der Waals surface area contributed by atoms with E-state index in [9.17, 15) is 5.11 Å². The molecule has 0 aliphatic heterocycles. The molecule has 0 aliphatic rings. The van der Waals surface area contributed by atoms with E-state index in [1.807, 2.05) is 0 Å². The molecule has 0 bridgehead atoms. The summed E-state index contributed by atoms with van der Waals surface area (Å²) < 4.78 is 0. The normalized spacial score (nSPS) is 10.9. The summed E-state index contributed by atoms with van der Waals surface area (Å²) in [4.78, 5) is 0. The molecule has 2 rings (SSSR count). The highest BCUT2D eigenvalue weighted by molar-refractivity contribution is 6.53. The van der Waals surface area contributed by atoms with Crippen LogP contribution in [-0.2, 0) is 0 Å². The second-order valence-electron chi connectivity index (χ2n) is 3.73. The zero-order valence-corrected chi connectivity index (χ0v) is 14.5. The van der Waals surface area contributed by atoms with Gasteiger partial charge in [0, 0.05) is 11.1 Å². The Bertz CT molecular complexity index is 650. The zero-order chi connectivity index (χ0) is 15.2. The van der Waals surface area contributed by atoms with Gasteiger partial charge in [0.05, 0.1) is 30.1 Å². The number of hydrogen-bond acceptors (Lipinski definition) is 1. The first-order chi connectivity index (χ1) is 9.25. The van der Waals surface area contributed by atoms with Crippen LogP contribution < -0.4 is 0 Å². The Morgan fingerprint density at radius 2 is 1.00 bits per heavy atom. The number of hydrogen-bond donors (Lipinski definition) is 1. The van der Waals surface area contributed by atoms with Crippen LogP contribution in [0.15, 0.2) is 12.1 Å². The van der Waals surface area contributed by atoms with Crippen molar-refractivity contribution in [1.29, 1.82) is 0 Å². The van der Waals surface area contributed by atoms with E-state index >= 15 is 0 Å². The van der Waals surface area contributed by atoms with Crippen LogP contribution in [0.2, 0.25) is 35.2 Å². The van der Waals surface area contributed by atoms with Crippen molar-refractivity contribution < 1.29 is 5.11 Å². The number of aromatic hydroxyl groups is 1. The van der Waals surface area contributed by atoms with Gasteiger partial charge in [0.15, 0.2) is 5.75 Å². The first kappa shape index (κ1) is 16.6. The molecule has 0 heterocycles. The highest BCUT2D eigenvalue weighted by Crippen LogP contribution is 2.48. The van der Waals surface area contributed by atoms with Gasteiger partial charge in [0.25, 0.3) is 0 Å². The second kappa shape index (κ2) is 6.18. The lowest BCUT2D eigenvalue weighted by Crippen LogP contribution is -1.87. The van der Waals surface area contributed by atoms with Crippen molar-refractivity contribution >= 4 is 81.2 Å². The average molecular weight is 411 g/mol. The minimum Gasteiger partial charge on any atom is -0.505 e. The van der Waals surface area contributed by atoms with Crippen LogP contribution in [0.4, 0.5) is 0 Å². The molecule has 2 aromatic carbocycles. The van der Waals surface area contributed by atoms with Gasteiger partial charge >= 0.3 is 0 Å². The molecule has 0 aromatic heterocycles. The van der Waals surface area contributed by atoms with Gasteiger partial charge in [-0.05, 0) is 12.1 Å². The van der Waals surface area contributed by atoms with Gasteiger partial charge in [0.1, 0.15) is 5.02 Å². The molecule has 1 N–H and O–H groups in total. The maximum Gasteiger partial charge on any atom is 0.154 e. The molecular formula is C12H3Cl7O.